The van der Waals surface area contributed by atoms with Gasteiger partial charge in [0.05, 0.1) is 0 Å². The molecule has 1 aliphatic heterocycles. The summed E-state index contributed by atoms with van der Waals surface area (Å²) >= 11 is 0. The number of urea groups is 1. The standard InChI is InChI=1S/C12H13N3O3/c1-2-12(7-8-3-5-13-6-4-8)9(16)14-11(18)15-10(12)17/h3-6H,2,7H2,1H3,(H2,14,15,16,17,18). The number of carbonyl (C=O) groups excluding carboxylic acids is 3. The number of barbiturate groups is 1. The maximum absolute atomic E-state index is 12.0. The Morgan fingerprint density at radius 1 is 1.11 bits per heavy atom. The Morgan fingerprint density at radius 3 is 2.17 bits per heavy atom. The fraction of sp³-hybridized carbons (Fsp3) is 0.333. The zero-order chi connectivity index (χ0) is 13.2. The van der Waals surface area contributed by atoms with E-state index in [9.17, 15) is 14.4 Å². The van der Waals surface area contributed by atoms with Crippen LogP contribution in [-0.4, -0.2) is 22.8 Å². The van der Waals surface area contributed by atoms with Gasteiger partial charge in [-0.05, 0) is 30.5 Å². The van der Waals surface area contributed by atoms with Crippen LogP contribution in [0.2, 0.25) is 0 Å². The number of imide groups is 2. The summed E-state index contributed by atoms with van der Waals surface area (Å²) in [4.78, 5) is 38.9. The average Bonchev–Trinajstić information content (AvgIpc) is 2.35. The van der Waals surface area contributed by atoms with Gasteiger partial charge >= 0.3 is 6.03 Å². The molecule has 6 heteroatoms. The van der Waals surface area contributed by atoms with Crippen molar-refractivity contribution in [3.05, 3.63) is 30.1 Å². The summed E-state index contributed by atoms with van der Waals surface area (Å²) in [7, 11) is 0. The normalized spacial score (nSPS) is 18.2. The number of hydrogen-bond acceptors (Lipinski definition) is 4. The summed E-state index contributed by atoms with van der Waals surface area (Å²) < 4.78 is 0. The van der Waals surface area contributed by atoms with Crippen molar-refractivity contribution in [3.63, 3.8) is 0 Å². The maximum Gasteiger partial charge on any atom is 0.328 e. The molecule has 18 heavy (non-hydrogen) atoms. The van der Waals surface area contributed by atoms with E-state index in [0.29, 0.717) is 6.42 Å². The molecular formula is C12H13N3O3. The highest BCUT2D eigenvalue weighted by Gasteiger charge is 2.48. The molecule has 1 aliphatic rings. The van der Waals surface area contributed by atoms with Crippen molar-refractivity contribution < 1.29 is 14.4 Å². The van der Waals surface area contributed by atoms with E-state index in [1.807, 2.05) is 0 Å². The minimum absolute atomic E-state index is 0.247. The Balaban J connectivity index is 2.33. The lowest BCUT2D eigenvalue weighted by Crippen LogP contribution is -2.63. The summed E-state index contributed by atoms with van der Waals surface area (Å²) in [6.07, 6.45) is 3.77. The molecule has 0 aromatic carbocycles. The molecule has 2 N–H and O–H groups in total. The molecule has 1 saturated heterocycles. The third kappa shape index (κ3) is 1.97. The molecule has 0 saturated carbocycles. The minimum Gasteiger partial charge on any atom is -0.277 e. The van der Waals surface area contributed by atoms with E-state index in [-0.39, 0.29) is 6.42 Å². The van der Waals surface area contributed by atoms with Crippen molar-refractivity contribution in [2.75, 3.05) is 0 Å². The lowest BCUT2D eigenvalue weighted by molar-refractivity contribution is -0.144. The lowest BCUT2D eigenvalue weighted by Gasteiger charge is -2.33. The Hall–Kier alpha value is -2.24. The van der Waals surface area contributed by atoms with E-state index in [2.05, 4.69) is 15.6 Å². The van der Waals surface area contributed by atoms with Crippen LogP contribution in [0.25, 0.3) is 0 Å². The SMILES string of the molecule is CCC1(Cc2ccncc2)C(=O)NC(=O)NC1=O. The summed E-state index contributed by atoms with van der Waals surface area (Å²) in [6.45, 7) is 1.75. The van der Waals surface area contributed by atoms with Gasteiger partial charge in [-0.15, -0.1) is 0 Å². The minimum atomic E-state index is -1.23. The highest BCUT2D eigenvalue weighted by Crippen LogP contribution is 2.29. The molecule has 94 valence electrons. The van der Waals surface area contributed by atoms with Crippen LogP contribution >= 0.6 is 0 Å². The molecule has 1 fully saturated rings. The first kappa shape index (κ1) is 12.2. The lowest BCUT2D eigenvalue weighted by atomic mass is 9.76. The average molecular weight is 247 g/mol. The molecule has 0 aliphatic carbocycles. The van der Waals surface area contributed by atoms with E-state index in [1.54, 1.807) is 31.5 Å². The van der Waals surface area contributed by atoms with Crippen LogP contribution < -0.4 is 10.6 Å². The van der Waals surface area contributed by atoms with Crippen LogP contribution in [0.5, 0.6) is 0 Å². The van der Waals surface area contributed by atoms with Crippen LogP contribution in [0.4, 0.5) is 4.79 Å². The highest BCUT2D eigenvalue weighted by atomic mass is 16.2. The van der Waals surface area contributed by atoms with Gasteiger partial charge in [0.2, 0.25) is 11.8 Å². The second-order valence-electron chi connectivity index (χ2n) is 4.21. The first-order valence-corrected chi connectivity index (χ1v) is 5.64. The Morgan fingerprint density at radius 2 is 1.67 bits per heavy atom. The predicted molar refractivity (Wildman–Crippen MR) is 62.3 cm³/mol. The van der Waals surface area contributed by atoms with E-state index >= 15 is 0 Å². The molecule has 1 aromatic rings. The van der Waals surface area contributed by atoms with E-state index in [4.69, 9.17) is 0 Å². The second kappa shape index (κ2) is 4.56. The first-order chi connectivity index (χ1) is 8.58. The third-order valence-corrected chi connectivity index (χ3v) is 3.18. The fourth-order valence-corrected chi connectivity index (χ4v) is 2.04. The van der Waals surface area contributed by atoms with Crippen LogP contribution in [0.3, 0.4) is 0 Å². The van der Waals surface area contributed by atoms with E-state index in [1.165, 1.54) is 0 Å². The van der Waals surface area contributed by atoms with Gasteiger partial charge in [-0.3, -0.25) is 25.2 Å². The quantitative estimate of drug-likeness (QED) is 0.756. The van der Waals surface area contributed by atoms with Crippen molar-refractivity contribution in [1.29, 1.82) is 0 Å². The van der Waals surface area contributed by atoms with Gasteiger partial charge in [-0.2, -0.15) is 0 Å². The smallest absolute Gasteiger partial charge is 0.277 e. The number of pyridine rings is 1. The van der Waals surface area contributed by atoms with Gasteiger partial charge in [-0.1, -0.05) is 6.92 Å². The van der Waals surface area contributed by atoms with Crippen LogP contribution in [0, 0.1) is 5.41 Å². The van der Waals surface area contributed by atoms with Crippen LogP contribution in [0.15, 0.2) is 24.5 Å². The zero-order valence-electron chi connectivity index (χ0n) is 9.90. The third-order valence-electron chi connectivity index (χ3n) is 3.18. The predicted octanol–water partition coefficient (Wildman–Crippen LogP) is 0.386. The summed E-state index contributed by atoms with van der Waals surface area (Å²) in [6, 6.07) is 2.73. The number of carbonyl (C=O) groups is 3. The van der Waals surface area contributed by atoms with E-state index < -0.39 is 23.3 Å². The molecule has 2 rings (SSSR count). The van der Waals surface area contributed by atoms with Gasteiger partial charge in [0, 0.05) is 12.4 Å². The van der Waals surface area contributed by atoms with Gasteiger partial charge in [-0.25, -0.2) is 4.79 Å². The largest absolute Gasteiger partial charge is 0.328 e. The molecular weight excluding hydrogens is 234 g/mol. The number of nitrogens with one attached hydrogen (secondary N) is 2. The molecule has 6 nitrogen and oxygen atoms in total. The molecule has 2 heterocycles. The Bertz CT molecular complexity index is 479. The van der Waals surface area contributed by atoms with Crippen molar-refractivity contribution >= 4 is 17.8 Å². The number of amides is 4. The zero-order valence-corrected chi connectivity index (χ0v) is 9.90. The first-order valence-electron chi connectivity index (χ1n) is 5.64. The van der Waals surface area contributed by atoms with Crippen molar-refractivity contribution in [2.45, 2.75) is 19.8 Å². The maximum atomic E-state index is 12.0. The van der Waals surface area contributed by atoms with Gasteiger partial charge in [0.15, 0.2) is 0 Å². The summed E-state index contributed by atoms with van der Waals surface area (Å²) in [5.74, 6) is -1.09. The monoisotopic (exact) mass is 247 g/mol. The fourth-order valence-electron chi connectivity index (χ4n) is 2.04. The summed E-state index contributed by atoms with van der Waals surface area (Å²) in [5, 5.41) is 4.29. The van der Waals surface area contributed by atoms with Crippen molar-refractivity contribution in [3.8, 4) is 0 Å². The van der Waals surface area contributed by atoms with Crippen molar-refractivity contribution in [1.82, 2.24) is 15.6 Å². The van der Waals surface area contributed by atoms with Gasteiger partial charge in [0.1, 0.15) is 5.41 Å². The van der Waals surface area contributed by atoms with Crippen LogP contribution in [-0.2, 0) is 16.0 Å². The van der Waals surface area contributed by atoms with Gasteiger partial charge in [0.25, 0.3) is 0 Å². The molecule has 1 aromatic heterocycles. The molecule has 4 amide bonds. The topological polar surface area (TPSA) is 88.2 Å². The number of hydrogen-bond donors (Lipinski definition) is 2. The molecule has 0 unspecified atom stereocenters. The second-order valence-corrected chi connectivity index (χ2v) is 4.21. The number of rotatable bonds is 3. The molecule has 0 bridgehead atoms. The number of nitrogens with zero attached hydrogens (tertiary/aromatic N) is 1. The highest BCUT2D eigenvalue weighted by molar-refractivity contribution is 6.19. The molecule has 0 atom stereocenters. The van der Waals surface area contributed by atoms with Crippen LogP contribution in [0.1, 0.15) is 18.9 Å². The Kier molecular flexibility index (Phi) is 3.10. The van der Waals surface area contributed by atoms with Gasteiger partial charge < -0.3 is 0 Å². The van der Waals surface area contributed by atoms with Crippen molar-refractivity contribution in [2.24, 2.45) is 5.41 Å². The Labute approximate surface area is 104 Å². The summed E-state index contributed by atoms with van der Waals surface area (Å²) in [5.41, 5.74) is -0.401. The molecule has 0 spiro atoms. The van der Waals surface area contributed by atoms with E-state index in [0.717, 1.165) is 5.56 Å². The number of aromatic nitrogens is 1. The molecule has 0 radical (unpaired) electrons.